The fourth-order valence-electron chi connectivity index (χ4n) is 0.969. The minimum Gasteiger partial charge on any atom is -1.00 e. The fraction of sp³-hybridized carbons (Fsp3) is 0.400. The molecule has 0 amide bonds. The first-order chi connectivity index (χ1) is 4.93. The normalized spacial score (nSPS) is 8.08. The summed E-state index contributed by atoms with van der Waals surface area (Å²) in [5.41, 5.74) is 1.43. The van der Waals surface area contributed by atoms with Crippen molar-refractivity contribution in [3.05, 3.63) is 35.9 Å². The molecule has 0 fully saturated rings. The van der Waals surface area contributed by atoms with E-state index < -0.39 is 0 Å². The van der Waals surface area contributed by atoms with Gasteiger partial charge in [-0.25, -0.2) is 0 Å². The zero-order valence-corrected chi connectivity index (χ0v) is 10.5. The molecule has 0 aliphatic rings. The van der Waals surface area contributed by atoms with Crippen molar-refractivity contribution in [3.8, 4) is 0 Å². The van der Waals surface area contributed by atoms with Crippen molar-refractivity contribution in [1.29, 1.82) is 0 Å². The van der Waals surface area contributed by atoms with Crippen molar-refractivity contribution >= 4 is 23.1 Å². The van der Waals surface area contributed by atoms with Crippen molar-refractivity contribution in [3.63, 3.8) is 0 Å². The first kappa shape index (κ1) is 15.0. The molecule has 62 valence electrons. The molecule has 1 aromatic carbocycles. The Morgan fingerprint density at radius 3 is 2.33 bits per heavy atom. The van der Waals surface area contributed by atoms with Crippen LogP contribution in [0, 0.1) is 6.07 Å². The van der Waals surface area contributed by atoms with E-state index in [9.17, 15) is 0 Å². The fourth-order valence-corrected chi connectivity index (χ4v) is 0.969. The van der Waals surface area contributed by atoms with Crippen molar-refractivity contribution < 1.29 is 17.0 Å². The van der Waals surface area contributed by atoms with Crippen LogP contribution in [0.25, 0.3) is 0 Å². The van der Waals surface area contributed by atoms with Gasteiger partial charge in [-0.15, -0.1) is 0 Å². The average molecular weight is 237 g/mol. The van der Waals surface area contributed by atoms with Crippen LogP contribution in [0.2, 0.25) is 0 Å². The third-order valence-corrected chi connectivity index (χ3v) is 1.61. The molecule has 0 N–H and O–H groups in total. The summed E-state index contributed by atoms with van der Waals surface area (Å²) in [5, 5.41) is 0. The third kappa shape index (κ3) is 6.03. The standard InChI is InChI=1S/C10H13.BrH.Mg/c1-2-3-7-10-8-5-4-6-9-10;;/h5-6,8-9H,2-3,7H2,1H3;1H;/q-1;;+2/p-1. The van der Waals surface area contributed by atoms with Crippen molar-refractivity contribution in [2.75, 3.05) is 0 Å². The summed E-state index contributed by atoms with van der Waals surface area (Å²) >= 11 is 0. The number of hydrogen-bond donors (Lipinski definition) is 0. The van der Waals surface area contributed by atoms with Crippen molar-refractivity contribution in [1.82, 2.24) is 0 Å². The molecule has 1 aromatic rings. The number of benzene rings is 1. The molecule has 0 aliphatic carbocycles. The molecule has 0 radical (unpaired) electrons. The summed E-state index contributed by atoms with van der Waals surface area (Å²) in [5.74, 6) is 0. The molecule has 0 heterocycles. The Labute approximate surface area is 102 Å². The maximum atomic E-state index is 3.01. The predicted octanol–water partition coefficient (Wildman–Crippen LogP) is -0.547. The molecule has 0 unspecified atom stereocenters. The van der Waals surface area contributed by atoms with Gasteiger partial charge in [-0.1, -0.05) is 26.2 Å². The molecule has 0 saturated heterocycles. The number of hydrogen-bond acceptors (Lipinski definition) is 0. The van der Waals surface area contributed by atoms with Crippen LogP contribution in [0.1, 0.15) is 25.3 Å². The van der Waals surface area contributed by atoms with Crippen LogP contribution in [-0.4, -0.2) is 23.1 Å². The van der Waals surface area contributed by atoms with Gasteiger partial charge in [0.15, 0.2) is 0 Å². The maximum absolute atomic E-state index is 3.01. The zero-order valence-electron chi connectivity index (χ0n) is 7.52. The van der Waals surface area contributed by atoms with E-state index in [1.54, 1.807) is 0 Å². The first-order valence-corrected chi connectivity index (χ1v) is 3.88. The Kier molecular flexibility index (Phi) is 11.9. The monoisotopic (exact) mass is 236 g/mol. The summed E-state index contributed by atoms with van der Waals surface area (Å²) in [6.45, 7) is 2.22. The van der Waals surface area contributed by atoms with Gasteiger partial charge in [0.25, 0.3) is 0 Å². The second-order valence-corrected chi connectivity index (χ2v) is 2.51. The molecule has 0 spiro atoms. The van der Waals surface area contributed by atoms with Crippen LogP contribution in [0.3, 0.4) is 0 Å². The van der Waals surface area contributed by atoms with Crippen LogP contribution < -0.4 is 17.0 Å². The molecule has 12 heavy (non-hydrogen) atoms. The van der Waals surface area contributed by atoms with Crippen LogP contribution in [0.4, 0.5) is 0 Å². The number of halogens is 1. The minimum absolute atomic E-state index is 0. The summed E-state index contributed by atoms with van der Waals surface area (Å²) in [6, 6.07) is 11.2. The van der Waals surface area contributed by atoms with E-state index in [1.165, 1.54) is 24.8 Å². The Morgan fingerprint density at radius 1 is 1.25 bits per heavy atom. The van der Waals surface area contributed by atoms with E-state index >= 15 is 0 Å². The van der Waals surface area contributed by atoms with E-state index in [4.69, 9.17) is 0 Å². The van der Waals surface area contributed by atoms with E-state index in [1.807, 2.05) is 12.1 Å². The summed E-state index contributed by atoms with van der Waals surface area (Å²) < 4.78 is 0. The van der Waals surface area contributed by atoms with Gasteiger partial charge >= 0.3 is 23.1 Å². The zero-order chi connectivity index (χ0) is 7.23. The number of aryl methyl sites for hydroxylation is 1. The van der Waals surface area contributed by atoms with E-state index in [0.717, 1.165) is 0 Å². The van der Waals surface area contributed by atoms with Gasteiger partial charge in [0, 0.05) is 0 Å². The molecule has 0 aromatic heterocycles. The van der Waals surface area contributed by atoms with Crippen LogP contribution >= 0.6 is 0 Å². The molecular weight excluding hydrogens is 224 g/mol. The first-order valence-electron chi connectivity index (χ1n) is 3.88. The molecule has 0 aliphatic heterocycles. The molecular formula is C10H13BrMg. The van der Waals surface area contributed by atoms with Crippen LogP contribution in [0.5, 0.6) is 0 Å². The molecule has 2 heteroatoms. The third-order valence-electron chi connectivity index (χ3n) is 1.61. The van der Waals surface area contributed by atoms with Gasteiger partial charge in [-0.3, -0.25) is 0 Å². The molecule has 0 bridgehead atoms. The SMILES string of the molecule is CCCCc1cc[c-]cc1.[Br-].[Mg+2]. The topological polar surface area (TPSA) is 0 Å². The van der Waals surface area contributed by atoms with Gasteiger partial charge in [-0.2, -0.15) is 35.9 Å². The van der Waals surface area contributed by atoms with Gasteiger partial charge in [0.1, 0.15) is 0 Å². The van der Waals surface area contributed by atoms with E-state index in [0.29, 0.717) is 0 Å². The van der Waals surface area contributed by atoms with Gasteiger partial charge in [0.05, 0.1) is 0 Å². The van der Waals surface area contributed by atoms with E-state index in [-0.39, 0.29) is 40.0 Å². The Morgan fingerprint density at radius 2 is 1.83 bits per heavy atom. The molecule has 0 atom stereocenters. The number of rotatable bonds is 3. The van der Waals surface area contributed by atoms with Crippen LogP contribution in [0.15, 0.2) is 24.3 Å². The Bertz CT molecular complexity index is 174. The minimum atomic E-state index is 0. The van der Waals surface area contributed by atoms with Gasteiger partial charge < -0.3 is 17.0 Å². The smallest absolute Gasteiger partial charge is 1.00 e. The van der Waals surface area contributed by atoms with E-state index in [2.05, 4.69) is 25.1 Å². The number of unbranched alkanes of at least 4 members (excludes halogenated alkanes) is 1. The predicted molar refractivity (Wildman–Crippen MR) is 49.6 cm³/mol. The van der Waals surface area contributed by atoms with Crippen molar-refractivity contribution in [2.45, 2.75) is 26.2 Å². The molecule has 0 saturated carbocycles. The molecule has 1 rings (SSSR count). The Balaban J connectivity index is 0. The van der Waals surface area contributed by atoms with Gasteiger partial charge in [-0.05, 0) is 0 Å². The largest absolute Gasteiger partial charge is 2.00 e. The maximum Gasteiger partial charge on any atom is 2.00 e. The second kappa shape index (κ2) is 9.55. The summed E-state index contributed by atoms with van der Waals surface area (Å²) in [6.07, 6.45) is 3.79. The average Bonchev–Trinajstić information content (AvgIpc) is 2.03. The van der Waals surface area contributed by atoms with Crippen LogP contribution in [-0.2, 0) is 6.42 Å². The molecule has 0 nitrogen and oxygen atoms in total. The van der Waals surface area contributed by atoms with Crippen molar-refractivity contribution in [2.24, 2.45) is 0 Å². The van der Waals surface area contributed by atoms with Gasteiger partial charge in [0.2, 0.25) is 0 Å². The summed E-state index contributed by atoms with van der Waals surface area (Å²) in [7, 11) is 0. The second-order valence-electron chi connectivity index (χ2n) is 2.51. The summed E-state index contributed by atoms with van der Waals surface area (Å²) in [4.78, 5) is 0. The Hall–Kier alpha value is 0.466. The quantitative estimate of drug-likeness (QED) is 0.489.